The van der Waals surface area contributed by atoms with Crippen molar-refractivity contribution < 1.29 is 18.7 Å². The van der Waals surface area contributed by atoms with Crippen LogP contribution in [0.4, 0.5) is 4.39 Å². The summed E-state index contributed by atoms with van der Waals surface area (Å²) in [6, 6.07) is 16.2. The number of likely N-dealkylation sites (N-methyl/N-ethyl adjacent to an activating group) is 1. The summed E-state index contributed by atoms with van der Waals surface area (Å²) in [5.41, 5.74) is -0.155. The molecule has 3 aliphatic rings. The van der Waals surface area contributed by atoms with Crippen LogP contribution in [-0.4, -0.2) is 79.4 Å². The lowest BCUT2D eigenvalue weighted by molar-refractivity contribution is -0.146. The van der Waals surface area contributed by atoms with E-state index in [0.717, 1.165) is 76.0 Å². The number of hydrogen-bond acceptors (Lipinski definition) is 4. The van der Waals surface area contributed by atoms with Crippen molar-refractivity contribution >= 4 is 11.8 Å². The van der Waals surface area contributed by atoms with Crippen molar-refractivity contribution in [1.29, 1.82) is 0 Å². The van der Waals surface area contributed by atoms with Crippen molar-refractivity contribution in [3.05, 3.63) is 66.0 Å². The monoisotopic (exact) mass is 521 g/mol. The van der Waals surface area contributed by atoms with Crippen LogP contribution in [0, 0.1) is 11.2 Å². The summed E-state index contributed by atoms with van der Waals surface area (Å²) < 4.78 is 20.0. The molecule has 0 aromatic heterocycles. The van der Waals surface area contributed by atoms with E-state index in [1.54, 1.807) is 12.1 Å². The highest BCUT2D eigenvalue weighted by Gasteiger charge is 2.48. The average molecular weight is 522 g/mol. The first-order valence-corrected chi connectivity index (χ1v) is 14.1. The molecule has 2 aliphatic heterocycles. The minimum Gasteiger partial charge on any atom is -0.493 e. The molecule has 1 saturated carbocycles. The summed E-state index contributed by atoms with van der Waals surface area (Å²) >= 11 is 0. The first-order valence-electron chi connectivity index (χ1n) is 14.1. The maximum Gasteiger partial charge on any atom is 0.233 e. The quantitative estimate of drug-likeness (QED) is 0.539. The molecule has 6 nitrogen and oxygen atoms in total. The molecule has 0 radical (unpaired) electrons. The van der Waals surface area contributed by atoms with Gasteiger partial charge in [0.15, 0.2) is 0 Å². The SMILES string of the molecule is CN1CCN(C(=O)C[C@@]2(COc3ccccc3)CCCN(C(=O)C3(c4ccc(F)cc4)CCCC3)C2)CC1. The number of rotatable bonds is 7. The van der Waals surface area contributed by atoms with Gasteiger partial charge in [0.05, 0.1) is 12.0 Å². The molecule has 204 valence electrons. The summed E-state index contributed by atoms with van der Waals surface area (Å²) in [4.78, 5) is 34.0. The number of piperazine rings is 1. The third kappa shape index (κ3) is 5.73. The second-order valence-corrected chi connectivity index (χ2v) is 11.6. The molecular weight excluding hydrogens is 481 g/mol. The second-order valence-electron chi connectivity index (χ2n) is 11.6. The van der Waals surface area contributed by atoms with E-state index < -0.39 is 10.8 Å². The highest BCUT2D eigenvalue weighted by molar-refractivity contribution is 5.89. The van der Waals surface area contributed by atoms with Gasteiger partial charge in [-0.25, -0.2) is 4.39 Å². The van der Waals surface area contributed by atoms with Crippen LogP contribution in [-0.2, 0) is 15.0 Å². The number of amides is 2. The summed E-state index contributed by atoms with van der Waals surface area (Å²) in [6.07, 6.45) is 5.58. The summed E-state index contributed by atoms with van der Waals surface area (Å²) in [5.74, 6) is 0.767. The number of hydrogen-bond donors (Lipinski definition) is 0. The maximum atomic E-state index is 14.3. The van der Waals surface area contributed by atoms with E-state index in [9.17, 15) is 14.0 Å². The van der Waals surface area contributed by atoms with Crippen molar-refractivity contribution in [1.82, 2.24) is 14.7 Å². The minimum atomic E-state index is -0.613. The van der Waals surface area contributed by atoms with Crippen LogP contribution in [0.15, 0.2) is 54.6 Å². The van der Waals surface area contributed by atoms with Gasteiger partial charge in [0.1, 0.15) is 11.6 Å². The largest absolute Gasteiger partial charge is 0.493 e. The van der Waals surface area contributed by atoms with E-state index in [-0.39, 0.29) is 17.6 Å². The molecule has 5 rings (SSSR count). The normalized spacial score (nSPS) is 23.8. The molecule has 0 N–H and O–H groups in total. The van der Waals surface area contributed by atoms with Crippen molar-refractivity contribution in [3.63, 3.8) is 0 Å². The molecule has 7 heteroatoms. The Balaban J connectivity index is 1.38. The van der Waals surface area contributed by atoms with Crippen LogP contribution in [0.5, 0.6) is 5.75 Å². The zero-order chi connectivity index (χ0) is 26.6. The third-order valence-electron chi connectivity index (χ3n) is 8.88. The van der Waals surface area contributed by atoms with Crippen molar-refractivity contribution in [3.8, 4) is 5.75 Å². The maximum absolute atomic E-state index is 14.3. The molecular formula is C31H40FN3O3. The lowest BCUT2D eigenvalue weighted by atomic mass is 9.74. The van der Waals surface area contributed by atoms with E-state index >= 15 is 0 Å². The van der Waals surface area contributed by atoms with E-state index in [4.69, 9.17) is 4.74 Å². The number of ether oxygens (including phenoxy) is 1. The Morgan fingerprint density at radius 2 is 1.53 bits per heavy atom. The van der Waals surface area contributed by atoms with Crippen molar-refractivity contribution in [2.75, 3.05) is 52.9 Å². The molecule has 0 unspecified atom stereocenters. The van der Waals surface area contributed by atoms with Gasteiger partial charge >= 0.3 is 0 Å². The minimum absolute atomic E-state index is 0.123. The Hall–Kier alpha value is -2.93. The lowest BCUT2D eigenvalue weighted by Crippen LogP contribution is -2.56. The van der Waals surface area contributed by atoms with Gasteiger partial charge in [0, 0.05) is 51.1 Å². The predicted octanol–water partition coefficient (Wildman–Crippen LogP) is 4.49. The fourth-order valence-corrected chi connectivity index (χ4v) is 6.61. The third-order valence-corrected chi connectivity index (χ3v) is 8.88. The topological polar surface area (TPSA) is 53.1 Å². The molecule has 2 saturated heterocycles. The number of nitrogens with zero attached hydrogens (tertiary/aromatic N) is 3. The van der Waals surface area contributed by atoms with Gasteiger partial charge in [-0.2, -0.15) is 0 Å². The van der Waals surface area contributed by atoms with E-state index in [1.165, 1.54) is 12.1 Å². The number of para-hydroxylation sites is 1. The Bertz CT molecular complexity index is 1100. The molecule has 3 fully saturated rings. The Labute approximate surface area is 225 Å². The van der Waals surface area contributed by atoms with Gasteiger partial charge in [-0.05, 0) is 62.6 Å². The van der Waals surface area contributed by atoms with Crippen molar-refractivity contribution in [2.24, 2.45) is 5.41 Å². The Morgan fingerprint density at radius 1 is 0.842 bits per heavy atom. The van der Waals surface area contributed by atoms with Gasteiger partial charge in [-0.3, -0.25) is 9.59 Å². The molecule has 0 bridgehead atoms. The summed E-state index contributed by atoms with van der Waals surface area (Å²) in [6.45, 7) is 4.80. The smallest absolute Gasteiger partial charge is 0.233 e. The fourth-order valence-electron chi connectivity index (χ4n) is 6.61. The number of benzene rings is 2. The molecule has 38 heavy (non-hydrogen) atoms. The number of halogens is 1. The van der Waals surface area contributed by atoms with Gasteiger partial charge in [0.2, 0.25) is 11.8 Å². The predicted molar refractivity (Wildman–Crippen MR) is 145 cm³/mol. The second kappa shape index (κ2) is 11.4. The Morgan fingerprint density at radius 3 is 2.21 bits per heavy atom. The van der Waals surface area contributed by atoms with Crippen LogP contribution in [0.3, 0.4) is 0 Å². The molecule has 2 aromatic rings. The number of carbonyl (C=O) groups excluding carboxylic acids is 2. The van der Waals surface area contributed by atoms with Crippen LogP contribution in [0.2, 0.25) is 0 Å². The van der Waals surface area contributed by atoms with Crippen LogP contribution >= 0.6 is 0 Å². The Kier molecular flexibility index (Phi) is 8.03. The van der Waals surface area contributed by atoms with E-state index in [0.29, 0.717) is 26.1 Å². The van der Waals surface area contributed by atoms with Crippen LogP contribution < -0.4 is 4.74 Å². The molecule has 2 amide bonds. The number of piperidine rings is 1. The molecule has 1 atom stereocenters. The van der Waals surface area contributed by atoms with Crippen molar-refractivity contribution in [2.45, 2.75) is 50.4 Å². The van der Waals surface area contributed by atoms with E-state index in [2.05, 4.69) is 11.9 Å². The zero-order valence-electron chi connectivity index (χ0n) is 22.5. The van der Waals surface area contributed by atoms with Gasteiger partial charge in [-0.15, -0.1) is 0 Å². The zero-order valence-corrected chi connectivity index (χ0v) is 22.5. The van der Waals surface area contributed by atoms with E-state index in [1.807, 2.05) is 40.1 Å². The highest BCUT2D eigenvalue weighted by atomic mass is 19.1. The molecule has 2 heterocycles. The fraction of sp³-hybridized carbons (Fsp3) is 0.548. The highest BCUT2D eigenvalue weighted by Crippen LogP contribution is 2.45. The van der Waals surface area contributed by atoms with Gasteiger partial charge in [-0.1, -0.05) is 43.2 Å². The average Bonchev–Trinajstić information content (AvgIpc) is 3.44. The summed E-state index contributed by atoms with van der Waals surface area (Å²) in [5, 5.41) is 0. The number of likely N-dealkylation sites (tertiary alicyclic amines) is 1. The summed E-state index contributed by atoms with van der Waals surface area (Å²) in [7, 11) is 2.08. The van der Waals surface area contributed by atoms with Crippen LogP contribution in [0.1, 0.15) is 50.5 Å². The number of carbonyl (C=O) groups is 2. The molecule has 1 aliphatic carbocycles. The van der Waals surface area contributed by atoms with Gasteiger partial charge in [0.25, 0.3) is 0 Å². The molecule has 2 aromatic carbocycles. The first-order chi connectivity index (χ1) is 18.4. The van der Waals surface area contributed by atoms with Crippen LogP contribution in [0.25, 0.3) is 0 Å². The lowest BCUT2D eigenvalue weighted by Gasteiger charge is -2.46. The van der Waals surface area contributed by atoms with Gasteiger partial charge < -0.3 is 19.4 Å². The first kappa shape index (κ1) is 26.7. The standard InChI is InChI=1S/C31H40FN3O3/c1-33-18-20-34(21-19-33)28(36)22-30(24-38-27-8-3-2-4-9-27)14-7-17-35(23-30)29(37)31(15-5-6-16-31)25-10-12-26(32)13-11-25/h2-4,8-13H,5-7,14-24H2,1H3/t30-/m0/s1. The molecule has 0 spiro atoms.